The minimum Gasteiger partial charge on any atom is -0.359 e. The Morgan fingerprint density at radius 3 is 1.97 bits per heavy atom. The summed E-state index contributed by atoms with van der Waals surface area (Å²) in [4.78, 5) is 27.7. The summed E-state index contributed by atoms with van der Waals surface area (Å²) in [7, 11) is 1.71. The Morgan fingerprint density at radius 2 is 1.36 bits per heavy atom. The zero-order valence-corrected chi connectivity index (χ0v) is 19.3. The Bertz CT molecular complexity index is 1050. The highest BCUT2D eigenvalue weighted by molar-refractivity contribution is 5.83. The summed E-state index contributed by atoms with van der Waals surface area (Å²) in [5.41, 5.74) is 4.22. The van der Waals surface area contributed by atoms with Gasteiger partial charge in [0, 0.05) is 26.6 Å². The van der Waals surface area contributed by atoms with Gasteiger partial charge in [0.25, 0.3) is 0 Å². The monoisotopic (exact) mass is 440 g/mol. The van der Waals surface area contributed by atoms with Crippen molar-refractivity contribution in [3.05, 3.63) is 96.1 Å². The Hall–Kier alpha value is -3.40. The smallest absolute Gasteiger partial charge is 0.226 e. The van der Waals surface area contributed by atoms with E-state index >= 15 is 0 Å². The van der Waals surface area contributed by atoms with E-state index in [1.165, 1.54) is 16.7 Å². The maximum Gasteiger partial charge on any atom is 0.226 e. The summed E-state index contributed by atoms with van der Waals surface area (Å²) in [6, 6.07) is 28.9. The third kappa shape index (κ3) is 5.51. The van der Waals surface area contributed by atoms with Gasteiger partial charge in [0.2, 0.25) is 11.8 Å². The molecule has 1 fully saturated rings. The Morgan fingerprint density at radius 1 is 0.788 bits per heavy atom. The molecule has 3 aromatic rings. The van der Waals surface area contributed by atoms with Crippen molar-refractivity contribution in [2.75, 3.05) is 20.1 Å². The summed E-state index contributed by atoms with van der Waals surface area (Å²) >= 11 is 0. The number of piperidine rings is 1. The third-order valence-corrected chi connectivity index (χ3v) is 6.86. The number of benzene rings is 3. The standard InChI is InChI=1S/C29H32N2O2/c1-30-28(33)29(22-24-12-15-26(16-13-24)25-10-6-3-7-11-25)18-20-31(21-19-29)27(32)17-14-23-8-4-2-5-9-23/h2-13,15-16H,14,17-22H2,1H3,(H,30,33). The van der Waals surface area contributed by atoms with Gasteiger partial charge in [-0.3, -0.25) is 9.59 Å². The van der Waals surface area contributed by atoms with Crippen molar-refractivity contribution in [3.8, 4) is 11.1 Å². The van der Waals surface area contributed by atoms with Gasteiger partial charge in [-0.15, -0.1) is 0 Å². The lowest BCUT2D eigenvalue weighted by atomic mass is 9.72. The molecule has 0 saturated carbocycles. The van der Waals surface area contributed by atoms with E-state index in [-0.39, 0.29) is 11.8 Å². The molecule has 0 aliphatic carbocycles. The number of carbonyl (C=O) groups excluding carboxylic acids is 2. The largest absolute Gasteiger partial charge is 0.359 e. The first-order chi connectivity index (χ1) is 16.1. The highest BCUT2D eigenvalue weighted by Crippen LogP contribution is 2.36. The SMILES string of the molecule is CNC(=O)C1(Cc2ccc(-c3ccccc3)cc2)CCN(C(=O)CCc2ccccc2)CC1. The molecule has 4 heteroatoms. The van der Waals surface area contributed by atoms with Gasteiger partial charge in [0.15, 0.2) is 0 Å². The first-order valence-corrected chi connectivity index (χ1v) is 11.8. The molecule has 0 radical (unpaired) electrons. The summed E-state index contributed by atoms with van der Waals surface area (Å²) in [6.45, 7) is 1.26. The summed E-state index contributed by atoms with van der Waals surface area (Å²) < 4.78 is 0. The lowest BCUT2D eigenvalue weighted by Crippen LogP contribution is -2.50. The first-order valence-electron chi connectivity index (χ1n) is 11.8. The molecular weight excluding hydrogens is 408 g/mol. The molecule has 0 bridgehead atoms. The van der Waals surface area contributed by atoms with Crippen LogP contribution in [0.4, 0.5) is 0 Å². The molecule has 0 aromatic heterocycles. The second-order valence-electron chi connectivity index (χ2n) is 8.97. The minimum atomic E-state index is -0.473. The van der Waals surface area contributed by atoms with Gasteiger partial charge in [0.1, 0.15) is 0 Å². The highest BCUT2D eigenvalue weighted by atomic mass is 16.2. The number of rotatable bonds is 7. The average Bonchev–Trinajstić information content (AvgIpc) is 2.88. The topological polar surface area (TPSA) is 49.4 Å². The molecule has 170 valence electrons. The van der Waals surface area contributed by atoms with Gasteiger partial charge in [-0.1, -0.05) is 84.9 Å². The van der Waals surface area contributed by atoms with E-state index in [2.05, 4.69) is 53.8 Å². The van der Waals surface area contributed by atoms with Gasteiger partial charge >= 0.3 is 0 Å². The van der Waals surface area contributed by atoms with E-state index < -0.39 is 5.41 Å². The predicted octanol–water partition coefficient (Wildman–Crippen LogP) is 4.88. The zero-order valence-electron chi connectivity index (χ0n) is 19.3. The van der Waals surface area contributed by atoms with Crippen molar-refractivity contribution in [1.29, 1.82) is 0 Å². The summed E-state index contributed by atoms with van der Waals surface area (Å²) in [5, 5.41) is 2.88. The summed E-state index contributed by atoms with van der Waals surface area (Å²) in [5.74, 6) is 0.252. The van der Waals surface area contributed by atoms with Gasteiger partial charge in [-0.25, -0.2) is 0 Å². The molecule has 0 atom stereocenters. The highest BCUT2D eigenvalue weighted by Gasteiger charge is 2.41. The van der Waals surface area contributed by atoms with E-state index in [0.29, 0.717) is 38.8 Å². The normalized spacial score (nSPS) is 15.1. The summed E-state index contributed by atoms with van der Waals surface area (Å²) in [6.07, 6.45) is 3.32. The molecule has 0 unspecified atom stereocenters. The molecule has 3 aromatic carbocycles. The zero-order chi connectivity index (χ0) is 23.1. The number of nitrogens with one attached hydrogen (secondary N) is 1. The number of nitrogens with zero attached hydrogens (tertiary/aromatic N) is 1. The minimum absolute atomic E-state index is 0.0750. The van der Waals surface area contributed by atoms with Crippen molar-refractivity contribution < 1.29 is 9.59 Å². The first kappa shape index (κ1) is 22.8. The molecule has 2 amide bonds. The van der Waals surface area contributed by atoms with Crippen LogP contribution in [-0.2, 0) is 22.4 Å². The van der Waals surface area contributed by atoms with Crippen LogP contribution in [0.15, 0.2) is 84.9 Å². The quantitative estimate of drug-likeness (QED) is 0.569. The van der Waals surface area contributed by atoms with E-state index in [0.717, 1.165) is 12.0 Å². The van der Waals surface area contributed by atoms with E-state index in [4.69, 9.17) is 0 Å². The van der Waals surface area contributed by atoms with Gasteiger partial charge in [0.05, 0.1) is 5.41 Å². The second-order valence-corrected chi connectivity index (χ2v) is 8.97. The number of hydrogen-bond donors (Lipinski definition) is 1. The van der Waals surface area contributed by atoms with Crippen LogP contribution in [0.2, 0.25) is 0 Å². The fourth-order valence-corrected chi connectivity index (χ4v) is 4.82. The fourth-order valence-electron chi connectivity index (χ4n) is 4.82. The van der Waals surface area contributed by atoms with Gasteiger partial charge in [-0.2, -0.15) is 0 Å². The molecular formula is C29H32N2O2. The van der Waals surface area contributed by atoms with Crippen molar-refractivity contribution in [2.24, 2.45) is 5.41 Å². The lowest BCUT2D eigenvalue weighted by molar-refractivity contribution is -0.140. The number of carbonyl (C=O) groups is 2. The number of aryl methyl sites for hydroxylation is 1. The Balaban J connectivity index is 1.39. The van der Waals surface area contributed by atoms with Gasteiger partial charge in [-0.05, 0) is 47.9 Å². The maximum absolute atomic E-state index is 13.0. The number of likely N-dealkylation sites (tertiary alicyclic amines) is 1. The second kappa shape index (κ2) is 10.5. The fraction of sp³-hybridized carbons (Fsp3) is 0.310. The van der Waals surface area contributed by atoms with E-state index in [1.807, 2.05) is 41.3 Å². The van der Waals surface area contributed by atoms with Crippen LogP contribution in [0.1, 0.15) is 30.4 Å². The van der Waals surface area contributed by atoms with Crippen LogP contribution in [0.25, 0.3) is 11.1 Å². The maximum atomic E-state index is 13.0. The third-order valence-electron chi connectivity index (χ3n) is 6.86. The van der Waals surface area contributed by atoms with Crippen molar-refractivity contribution in [3.63, 3.8) is 0 Å². The average molecular weight is 441 g/mol. The Labute approximate surface area is 196 Å². The molecule has 1 heterocycles. The van der Waals surface area contributed by atoms with Crippen LogP contribution < -0.4 is 5.32 Å². The number of amides is 2. The molecule has 1 N–H and O–H groups in total. The van der Waals surface area contributed by atoms with E-state index in [1.54, 1.807) is 7.05 Å². The molecule has 1 aliphatic rings. The lowest BCUT2D eigenvalue weighted by Gasteiger charge is -2.40. The molecule has 0 spiro atoms. The van der Waals surface area contributed by atoms with Crippen LogP contribution in [0, 0.1) is 5.41 Å². The van der Waals surface area contributed by atoms with Crippen LogP contribution in [0.3, 0.4) is 0 Å². The van der Waals surface area contributed by atoms with Crippen LogP contribution in [-0.4, -0.2) is 36.9 Å². The van der Waals surface area contributed by atoms with E-state index in [9.17, 15) is 9.59 Å². The number of hydrogen-bond acceptors (Lipinski definition) is 2. The molecule has 4 nitrogen and oxygen atoms in total. The van der Waals surface area contributed by atoms with Crippen molar-refractivity contribution >= 4 is 11.8 Å². The molecule has 1 saturated heterocycles. The van der Waals surface area contributed by atoms with Crippen LogP contribution >= 0.6 is 0 Å². The van der Waals surface area contributed by atoms with Crippen LogP contribution in [0.5, 0.6) is 0 Å². The molecule has 4 rings (SSSR count). The Kier molecular flexibility index (Phi) is 7.23. The molecule has 1 aliphatic heterocycles. The predicted molar refractivity (Wildman–Crippen MR) is 133 cm³/mol. The van der Waals surface area contributed by atoms with Crippen molar-refractivity contribution in [1.82, 2.24) is 10.2 Å². The van der Waals surface area contributed by atoms with Crippen molar-refractivity contribution in [2.45, 2.75) is 32.1 Å². The molecule has 33 heavy (non-hydrogen) atoms. The van der Waals surface area contributed by atoms with Gasteiger partial charge < -0.3 is 10.2 Å².